The van der Waals surface area contributed by atoms with Crippen LogP contribution in [0.4, 0.5) is 5.82 Å². The zero-order valence-corrected chi connectivity index (χ0v) is 13.9. The molecule has 0 unspecified atom stereocenters. The summed E-state index contributed by atoms with van der Waals surface area (Å²) in [5.41, 5.74) is 0.353. The highest BCUT2D eigenvalue weighted by Gasteiger charge is 2.11. The number of aromatic nitrogens is 2. The molecule has 1 aliphatic heterocycles. The molecule has 2 N–H and O–H groups in total. The fourth-order valence-corrected chi connectivity index (χ4v) is 2.37. The van der Waals surface area contributed by atoms with E-state index in [4.69, 9.17) is 4.74 Å². The quantitative estimate of drug-likeness (QED) is 0.664. The van der Waals surface area contributed by atoms with E-state index in [-0.39, 0.29) is 5.91 Å². The molecule has 1 aliphatic rings. The number of hydrogen-bond acceptors (Lipinski definition) is 6. The van der Waals surface area contributed by atoms with Crippen LogP contribution < -0.4 is 10.6 Å². The number of nitrogens with zero attached hydrogens (tertiary/aromatic N) is 3. The van der Waals surface area contributed by atoms with E-state index < -0.39 is 0 Å². The van der Waals surface area contributed by atoms with Crippen LogP contribution in [0.15, 0.2) is 12.4 Å². The minimum absolute atomic E-state index is 0.178. The largest absolute Gasteiger partial charge is 0.379 e. The van der Waals surface area contributed by atoms with Crippen molar-refractivity contribution in [2.75, 3.05) is 51.3 Å². The van der Waals surface area contributed by atoms with Crippen LogP contribution in [0.2, 0.25) is 0 Å². The molecule has 2 rings (SSSR count). The number of amides is 1. The predicted octanol–water partition coefficient (Wildman–Crippen LogP) is 1.14. The molecular weight excluding hydrogens is 294 g/mol. The second kappa shape index (κ2) is 10.1. The molecule has 0 aliphatic carbocycles. The van der Waals surface area contributed by atoms with Gasteiger partial charge in [-0.2, -0.15) is 0 Å². The molecular formula is C16H27N5O2. The number of rotatable bonds is 9. The number of morpholine rings is 1. The van der Waals surface area contributed by atoms with E-state index in [0.29, 0.717) is 18.1 Å². The molecule has 0 radical (unpaired) electrons. The van der Waals surface area contributed by atoms with Gasteiger partial charge in [0.15, 0.2) is 0 Å². The maximum Gasteiger partial charge on any atom is 0.271 e. The number of anilines is 1. The van der Waals surface area contributed by atoms with Crippen molar-refractivity contribution in [3.05, 3.63) is 18.1 Å². The Morgan fingerprint density at radius 3 is 2.74 bits per heavy atom. The lowest BCUT2D eigenvalue weighted by molar-refractivity contribution is 0.0383. The molecule has 128 valence electrons. The summed E-state index contributed by atoms with van der Waals surface area (Å²) >= 11 is 0. The maximum absolute atomic E-state index is 12.0. The molecule has 23 heavy (non-hydrogen) atoms. The van der Waals surface area contributed by atoms with Crippen molar-refractivity contribution in [2.45, 2.75) is 26.2 Å². The molecule has 7 heteroatoms. The van der Waals surface area contributed by atoms with Gasteiger partial charge in [-0.05, 0) is 6.42 Å². The van der Waals surface area contributed by atoms with Gasteiger partial charge in [-0.3, -0.25) is 9.69 Å². The van der Waals surface area contributed by atoms with Gasteiger partial charge < -0.3 is 15.4 Å². The van der Waals surface area contributed by atoms with Gasteiger partial charge in [-0.15, -0.1) is 0 Å². The normalized spacial score (nSPS) is 15.3. The van der Waals surface area contributed by atoms with Crippen LogP contribution >= 0.6 is 0 Å². The van der Waals surface area contributed by atoms with E-state index in [1.807, 2.05) is 0 Å². The fourth-order valence-electron chi connectivity index (χ4n) is 2.37. The van der Waals surface area contributed by atoms with Crippen molar-refractivity contribution in [3.8, 4) is 0 Å². The number of carbonyl (C=O) groups is 1. The third kappa shape index (κ3) is 6.50. The fraction of sp³-hybridized carbons (Fsp3) is 0.688. The molecule has 1 saturated heterocycles. The van der Waals surface area contributed by atoms with E-state index in [0.717, 1.165) is 45.8 Å². The van der Waals surface area contributed by atoms with E-state index in [9.17, 15) is 4.79 Å². The molecule has 0 spiro atoms. The van der Waals surface area contributed by atoms with Gasteiger partial charge in [0, 0.05) is 32.7 Å². The summed E-state index contributed by atoms with van der Waals surface area (Å²) in [6.45, 7) is 7.89. The van der Waals surface area contributed by atoms with Crippen molar-refractivity contribution < 1.29 is 9.53 Å². The zero-order valence-electron chi connectivity index (χ0n) is 13.9. The highest BCUT2D eigenvalue weighted by atomic mass is 16.5. The topological polar surface area (TPSA) is 79.4 Å². The highest BCUT2D eigenvalue weighted by molar-refractivity contribution is 5.91. The van der Waals surface area contributed by atoms with Crippen LogP contribution in [0.5, 0.6) is 0 Å². The van der Waals surface area contributed by atoms with Crippen molar-refractivity contribution in [1.29, 1.82) is 0 Å². The number of carbonyl (C=O) groups excluding carboxylic acids is 1. The molecule has 0 aromatic carbocycles. The predicted molar refractivity (Wildman–Crippen MR) is 89.6 cm³/mol. The van der Waals surface area contributed by atoms with E-state index in [1.165, 1.54) is 19.0 Å². The summed E-state index contributed by atoms with van der Waals surface area (Å²) in [5, 5.41) is 6.09. The minimum Gasteiger partial charge on any atom is -0.379 e. The van der Waals surface area contributed by atoms with E-state index >= 15 is 0 Å². The Bertz CT molecular complexity index is 460. The summed E-state index contributed by atoms with van der Waals surface area (Å²) in [4.78, 5) is 22.7. The number of ether oxygens (including phenoxy) is 1. The van der Waals surface area contributed by atoms with Gasteiger partial charge in [-0.1, -0.05) is 19.8 Å². The third-order valence-corrected chi connectivity index (χ3v) is 3.79. The Kier molecular flexibility index (Phi) is 7.75. The summed E-state index contributed by atoms with van der Waals surface area (Å²) in [6, 6.07) is 0. The Hall–Kier alpha value is -1.73. The second-order valence-corrected chi connectivity index (χ2v) is 5.63. The van der Waals surface area contributed by atoms with Crippen LogP contribution in [0.25, 0.3) is 0 Å². The first-order valence-corrected chi connectivity index (χ1v) is 8.44. The lowest BCUT2D eigenvalue weighted by atomic mass is 10.2. The Balaban J connectivity index is 1.67. The summed E-state index contributed by atoms with van der Waals surface area (Å²) in [6.07, 6.45) is 6.64. The van der Waals surface area contributed by atoms with Gasteiger partial charge in [0.05, 0.1) is 25.6 Å². The molecule has 2 heterocycles. The van der Waals surface area contributed by atoms with E-state index in [1.54, 1.807) is 6.20 Å². The Morgan fingerprint density at radius 1 is 1.22 bits per heavy atom. The smallest absolute Gasteiger partial charge is 0.271 e. The van der Waals surface area contributed by atoms with Crippen molar-refractivity contribution in [3.63, 3.8) is 0 Å². The average molecular weight is 321 g/mol. The first-order valence-electron chi connectivity index (χ1n) is 8.44. The molecule has 0 saturated carbocycles. The molecule has 1 aromatic heterocycles. The van der Waals surface area contributed by atoms with Crippen LogP contribution in [-0.2, 0) is 4.74 Å². The van der Waals surface area contributed by atoms with Crippen LogP contribution in [-0.4, -0.2) is 66.7 Å². The van der Waals surface area contributed by atoms with Gasteiger partial charge in [-0.25, -0.2) is 9.97 Å². The molecule has 7 nitrogen and oxygen atoms in total. The Labute approximate surface area is 137 Å². The second-order valence-electron chi connectivity index (χ2n) is 5.63. The first-order chi connectivity index (χ1) is 11.3. The molecule has 0 atom stereocenters. The number of hydrogen-bond donors (Lipinski definition) is 2. The van der Waals surface area contributed by atoms with Crippen molar-refractivity contribution in [2.24, 2.45) is 0 Å². The number of nitrogens with one attached hydrogen (secondary N) is 2. The van der Waals surface area contributed by atoms with Crippen LogP contribution in [0.1, 0.15) is 36.7 Å². The lowest BCUT2D eigenvalue weighted by Gasteiger charge is -2.26. The first kappa shape index (κ1) is 17.6. The lowest BCUT2D eigenvalue weighted by Crippen LogP contribution is -2.41. The third-order valence-electron chi connectivity index (χ3n) is 3.79. The van der Waals surface area contributed by atoms with Crippen molar-refractivity contribution in [1.82, 2.24) is 20.2 Å². The summed E-state index contributed by atoms with van der Waals surface area (Å²) in [7, 11) is 0. The molecule has 1 fully saturated rings. The maximum atomic E-state index is 12.0. The van der Waals surface area contributed by atoms with E-state index in [2.05, 4.69) is 32.4 Å². The molecule has 0 bridgehead atoms. The van der Waals surface area contributed by atoms with Gasteiger partial charge >= 0.3 is 0 Å². The average Bonchev–Trinajstić information content (AvgIpc) is 2.60. The zero-order chi connectivity index (χ0) is 16.3. The SMILES string of the molecule is CCCCCNc1cnc(C(=O)NCCN2CCOCC2)cn1. The van der Waals surface area contributed by atoms with Gasteiger partial charge in [0.2, 0.25) is 0 Å². The monoisotopic (exact) mass is 321 g/mol. The highest BCUT2D eigenvalue weighted by Crippen LogP contribution is 2.03. The molecule has 1 amide bonds. The summed E-state index contributed by atoms with van der Waals surface area (Å²) in [5.74, 6) is 0.536. The summed E-state index contributed by atoms with van der Waals surface area (Å²) < 4.78 is 5.30. The van der Waals surface area contributed by atoms with Crippen LogP contribution in [0, 0.1) is 0 Å². The minimum atomic E-state index is -0.178. The molecule has 1 aromatic rings. The Morgan fingerprint density at radius 2 is 2.04 bits per heavy atom. The van der Waals surface area contributed by atoms with Gasteiger partial charge in [0.1, 0.15) is 11.5 Å². The number of unbranched alkanes of at least 4 members (excludes halogenated alkanes) is 2. The van der Waals surface area contributed by atoms with Crippen LogP contribution in [0.3, 0.4) is 0 Å². The van der Waals surface area contributed by atoms with Gasteiger partial charge in [0.25, 0.3) is 5.91 Å². The van der Waals surface area contributed by atoms with Crippen molar-refractivity contribution >= 4 is 11.7 Å². The standard InChI is InChI=1S/C16H27N5O2/c1-2-3-4-5-17-15-13-19-14(12-20-15)16(22)18-6-7-21-8-10-23-11-9-21/h12-13H,2-11H2,1H3,(H,17,20)(H,18,22).